The molecule has 0 fully saturated rings. The van der Waals surface area contributed by atoms with E-state index >= 15 is 0 Å². The smallest absolute Gasteiger partial charge is 0.205 e. The van der Waals surface area contributed by atoms with Gasteiger partial charge in [-0.25, -0.2) is 0 Å². The average Bonchev–Trinajstić information content (AvgIpc) is 3.98. The van der Waals surface area contributed by atoms with Gasteiger partial charge in [-0.1, -0.05) is 97.1 Å². The Kier molecular flexibility index (Phi) is 6.59. The SMILES string of the molecule is c1ccc(N(c2ccc3c(c2)Cc2ccccc2-3)c2ccc(-c3ccc(N(c4ccccc4)c4ccc5c(c4)Cc4ccccc4-5)o3)o2)cc1. The molecule has 2 aliphatic carbocycles. The van der Waals surface area contributed by atoms with Gasteiger partial charge in [-0.05, 0) is 118 Å². The van der Waals surface area contributed by atoms with Crippen molar-refractivity contribution in [3.63, 3.8) is 0 Å². The van der Waals surface area contributed by atoms with E-state index < -0.39 is 0 Å². The van der Waals surface area contributed by atoms with E-state index in [0.717, 1.165) is 47.4 Å². The van der Waals surface area contributed by atoms with Crippen LogP contribution in [0.2, 0.25) is 0 Å². The van der Waals surface area contributed by atoms with E-state index in [1.54, 1.807) is 0 Å². The summed E-state index contributed by atoms with van der Waals surface area (Å²) in [6, 6.07) is 59.6. The molecule has 4 nitrogen and oxygen atoms in total. The Morgan fingerprint density at radius 1 is 0.320 bits per heavy atom. The number of fused-ring (bicyclic) bond motifs is 6. The number of hydrogen-bond acceptors (Lipinski definition) is 4. The maximum Gasteiger partial charge on any atom is 0.205 e. The minimum Gasteiger partial charge on any atom is -0.437 e. The Labute approximate surface area is 291 Å². The first kappa shape index (κ1) is 28.5. The second-order valence-corrected chi connectivity index (χ2v) is 13.0. The van der Waals surface area contributed by atoms with Gasteiger partial charge in [0.1, 0.15) is 0 Å². The molecule has 0 spiro atoms. The van der Waals surface area contributed by atoms with Crippen LogP contribution in [0.4, 0.5) is 34.5 Å². The lowest BCUT2D eigenvalue weighted by molar-refractivity contribution is 0.532. The summed E-state index contributed by atoms with van der Waals surface area (Å²) in [5.41, 5.74) is 14.8. The Balaban J connectivity index is 1.01. The van der Waals surface area contributed by atoms with E-state index in [4.69, 9.17) is 8.83 Å². The van der Waals surface area contributed by atoms with Crippen molar-refractivity contribution in [2.75, 3.05) is 9.80 Å². The quantitative estimate of drug-likeness (QED) is 0.173. The molecule has 0 saturated heterocycles. The molecule has 2 heterocycles. The highest BCUT2D eigenvalue weighted by molar-refractivity contribution is 5.84. The van der Waals surface area contributed by atoms with Crippen LogP contribution in [0.15, 0.2) is 179 Å². The Morgan fingerprint density at radius 3 is 1.18 bits per heavy atom. The number of anilines is 6. The fourth-order valence-corrected chi connectivity index (χ4v) is 7.66. The molecule has 2 aliphatic rings. The van der Waals surface area contributed by atoms with Crippen molar-refractivity contribution in [3.8, 4) is 33.8 Å². The molecule has 6 aromatic carbocycles. The average molecular weight is 645 g/mol. The predicted molar refractivity (Wildman–Crippen MR) is 202 cm³/mol. The van der Waals surface area contributed by atoms with Crippen LogP contribution in [0.1, 0.15) is 22.3 Å². The highest BCUT2D eigenvalue weighted by Crippen LogP contribution is 2.45. The fraction of sp³-hybridized carbons (Fsp3) is 0.0435. The summed E-state index contributed by atoms with van der Waals surface area (Å²) in [7, 11) is 0. The van der Waals surface area contributed by atoms with Gasteiger partial charge >= 0.3 is 0 Å². The lowest BCUT2D eigenvalue weighted by Crippen LogP contribution is -2.09. The third kappa shape index (κ3) is 4.76. The van der Waals surface area contributed by atoms with Crippen LogP contribution in [0, 0.1) is 0 Å². The molecule has 0 aliphatic heterocycles. The maximum absolute atomic E-state index is 6.64. The molecule has 2 aromatic heterocycles. The number of furan rings is 2. The van der Waals surface area contributed by atoms with Crippen LogP contribution >= 0.6 is 0 Å². The normalized spacial score (nSPS) is 12.2. The molecule has 0 radical (unpaired) electrons. The number of benzene rings is 6. The van der Waals surface area contributed by atoms with Crippen molar-refractivity contribution >= 4 is 34.5 Å². The molecule has 10 rings (SSSR count). The molecule has 0 N–H and O–H groups in total. The van der Waals surface area contributed by atoms with Gasteiger partial charge in [-0.2, -0.15) is 0 Å². The van der Waals surface area contributed by atoms with Crippen molar-refractivity contribution in [2.45, 2.75) is 12.8 Å². The molecule has 8 aromatic rings. The zero-order valence-corrected chi connectivity index (χ0v) is 27.3. The number of hydrogen-bond donors (Lipinski definition) is 0. The first-order valence-electron chi connectivity index (χ1n) is 17.1. The van der Waals surface area contributed by atoms with Crippen LogP contribution in [-0.2, 0) is 12.8 Å². The molecule has 0 amide bonds. The highest BCUT2D eigenvalue weighted by Gasteiger charge is 2.25. The Morgan fingerprint density at radius 2 is 0.720 bits per heavy atom. The van der Waals surface area contributed by atoms with Gasteiger partial charge in [0.2, 0.25) is 11.8 Å². The third-order valence-electron chi connectivity index (χ3n) is 9.97. The monoisotopic (exact) mass is 644 g/mol. The molecule has 50 heavy (non-hydrogen) atoms. The second-order valence-electron chi connectivity index (χ2n) is 13.0. The Hall–Kier alpha value is -6.52. The van der Waals surface area contributed by atoms with Gasteiger partial charge in [-0.3, -0.25) is 9.80 Å². The van der Waals surface area contributed by atoms with E-state index in [2.05, 4.69) is 143 Å². The van der Waals surface area contributed by atoms with Crippen LogP contribution in [0.5, 0.6) is 0 Å². The van der Waals surface area contributed by atoms with E-state index in [1.165, 1.54) is 44.5 Å². The summed E-state index contributed by atoms with van der Waals surface area (Å²) >= 11 is 0. The van der Waals surface area contributed by atoms with E-state index in [1.807, 2.05) is 36.4 Å². The molecule has 0 unspecified atom stereocenters. The van der Waals surface area contributed by atoms with Crippen LogP contribution < -0.4 is 9.80 Å². The molecule has 238 valence electrons. The predicted octanol–water partition coefficient (Wildman–Crippen LogP) is 12.6. The summed E-state index contributed by atoms with van der Waals surface area (Å²) in [4.78, 5) is 4.35. The van der Waals surface area contributed by atoms with Crippen molar-refractivity contribution in [2.24, 2.45) is 0 Å². The van der Waals surface area contributed by atoms with Gasteiger partial charge in [0.05, 0.1) is 0 Å². The number of rotatable bonds is 7. The largest absolute Gasteiger partial charge is 0.437 e. The molecule has 4 heteroatoms. The number of para-hydroxylation sites is 2. The van der Waals surface area contributed by atoms with Crippen LogP contribution in [0.25, 0.3) is 33.8 Å². The second kappa shape index (κ2) is 11.6. The minimum absolute atomic E-state index is 0.665. The third-order valence-corrected chi connectivity index (χ3v) is 9.97. The summed E-state index contributed by atoms with van der Waals surface area (Å²) in [6.45, 7) is 0. The minimum atomic E-state index is 0.665. The molecule has 0 bridgehead atoms. The lowest BCUT2D eigenvalue weighted by Gasteiger charge is -2.23. The van der Waals surface area contributed by atoms with Crippen LogP contribution in [-0.4, -0.2) is 0 Å². The van der Waals surface area contributed by atoms with E-state index in [9.17, 15) is 0 Å². The van der Waals surface area contributed by atoms with E-state index in [0.29, 0.717) is 11.5 Å². The molecular formula is C46H32N2O2. The van der Waals surface area contributed by atoms with Gasteiger partial charge in [0.25, 0.3) is 0 Å². The molecular weight excluding hydrogens is 613 g/mol. The molecule has 0 saturated carbocycles. The number of nitrogens with zero attached hydrogens (tertiary/aromatic N) is 2. The van der Waals surface area contributed by atoms with Crippen molar-refractivity contribution in [3.05, 3.63) is 192 Å². The van der Waals surface area contributed by atoms with Crippen molar-refractivity contribution in [1.82, 2.24) is 0 Å². The zero-order valence-electron chi connectivity index (χ0n) is 27.3. The van der Waals surface area contributed by atoms with E-state index in [-0.39, 0.29) is 0 Å². The first-order chi connectivity index (χ1) is 24.8. The standard InChI is InChI=1S/C46H32N2O2/c1-3-13-35(14-4-1)47(37-19-21-41-33(29-37)27-31-11-7-9-17-39(31)41)45-25-23-43(49-45)44-24-26-46(50-44)48(36-15-5-2-6-16-36)38-20-22-42-34(30-38)28-32-12-8-10-18-40(32)42/h1-26,29-30H,27-28H2. The van der Waals surface area contributed by atoms with Crippen molar-refractivity contribution in [1.29, 1.82) is 0 Å². The van der Waals surface area contributed by atoms with Gasteiger partial charge in [0, 0.05) is 34.9 Å². The lowest BCUT2D eigenvalue weighted by atomic mass is 10.1. The van der Waals surface area contributed by atoms with Gasteiger partial charge in [0.15, 0.2) is 11.5 Å². The summed E-state index contributed by atoms with van der Waals surface area (Å²) < 4.78 is 13.3. The van der Waals surface area contributed by atoms with Gasteiger partial charge in [-0.15, -0.1) is 0 Å². The zero-order chi connectivity index (χ0) is 33.0. The Bertz CT molecular complexity index is 2330. The first-order valence-corrected chi connectivity index (χ1v) is 17.1. The fourth-order valence-electron chi connectivity index (χ4n) is 7.66. The topological polar surface area (TPSA) is 32.8 Å². The van der Waals surface area contributed by atoms with Gasteiger partial charge < -0.3 is 8.83 Å². The maximum atomic E-state index is 6.64. The van der Waals surface area contributed by atoms with Crippen LogP contribution in [0.3, 0.4) is 0 Å². The summed E-state index contributed by atoms with van der Waals surface area (Å²) in [5, 5.41) is 0. The molecule has 0 atom stereocenters. The highest BCUT2D eigenvalue weighted by atomic mass is 16.4. The summed E-state index contributed by atoms with van der Waals surface area (Å²) in [5.74, 6) is 2.77. The van der Waals surface area contributed by atoms with Crippen molar-refractivity contribution < 1.29 is 8.83 Å². The summed E-state index contributed by atoms with van der Waals surface area (Å²) in [6.07, 6.45) is 1.85.